The SMILES string of the molecule is CN=C(NCc1ccnn1C)NC(C)C(C)C. The number of aryl methyl sites for hydroxylation is 1. The molecule has 96 valence electrons. The van der Waals surface area contributed by atoms with Gasteiger partial charge in [0.2, 0.25) is 0 Å². The van der Waals surface area contributed by atoms with Gasteiger partial charge in [0.05, 0.1) is 12.2 Å². The fourth-order valence-corrected chi connectivity index (χ4v) is 1.33. The molecule has 0 aromatic carbocycles. The van der Waals surface area contributed by atoms with Crippen molar-refractivity contribution in [2.24, 2.45) is 18.0 Å². The van der Waals surface area contributed by atoms with Gasteiger partial charge >= 0.3 is 0 Å². The van der Waals surface area contributed by atoms with Crippen molar-refractivity contribution in [3.05, 3.63) is 18.0 Å². The van der Waals surface area contributed by atoms with Crippen LogP contribution in [0, 0.1) is 5.92 Å². The van der Waals surface area contributed by atoms with Gasteiger partial charge in [0.25, 0.3) is 0 Å². The predicted molar refractivity (Wildman–Crippen MR) is 70.8 cm³/mol. The Morgan fingerprint density at radius 1 is 1.47 bits per heavy atom. The van der Waals surface area contributed by atoms with Gasteiger partial charge in [0.15, 0.2) is 5.96 Å². The van der Waals surface area contributed by atoms with Gasteiger partial charge in [-0.3, -0.25) is 9.67 Å². The van der Waals surface area contributed by atoms with Crippen LogP contribution < -0.4 is 10.6 Å². The van der Waals surface area contributed by atoms with Crippen LogP contribution in [0.3, 0.4) is 0 Å². The molecule has 0 spiro atoms. The quantitative estimate of drug-likeness (QED) is 0.609. The van der Waals surface area contributed by atoms with Gasteiger partial charge in [-0.1, -0.05) is 13.8 Å². The van der Waals surface area contributed by atoms with Crippen LogP contribution >= 0.6 is 0 Å². The van der Waals surface area contributed by atoms with E-state index in [4.69, 9.17) is 0 Å². The maximum Gasteiger partial charge on any atom is 0.191 e. The lowest BCUT2D eigenvalue weighted by molar-refractivity contribution is 0.480. The third-order valence-corrected chi connectivity index (χ3v) is 2.95. The van der Waals surface area contributed by atoms with Crippen LogP contribution in [0.2, 0.25) is 0 Å². The van der Waals surface area contributed by atoms with Crippen LogP contribution in [0.1, 0.15) is 26.5 Å². The topological polar surface area (TPSA) is 54.2 Å². The van der Waals surface area contributed by atoms with Crippen molar-refractivity contribution in [2.75, 3.05) is 7.05 Å². The number of aliphatic imine (C=N–C) groups is 1. The molecule has 1 rings (SSSR count). The molecule has 0 aliphatic rings. The van der Waals surface area contributed by atoms with Crippen LogP contribution in [0.4, 0.5) is 0 Å². The number of guanidine groups is 1. The van der Waals surface area contributed by atoms with E-state index >= 15 is 0 Å². The molecule has 0 bridgehead atoms. The summed E-state index contributed by atoms with van der Waals surface area (Å²) in [6, 6.07) is 2.39. The van der Waals surface area contributed by atoms with Crippen molar-refractivity contribution in [3.8, 4) is 0 Å². The number of nitrogens with zero attached hydrogens (tertiary/aromatic N) is 3. The Hall–Kier alpha value is -1.52. The lowest BCUT2D eigenvalue weighted by Crippen LogP contribution is -2.44. The third kappa shape index (κ3) is 4.09. The van der Waals surface area contributed by atoms with E-state index in [0.29, 0.717) is 12.0 Å². The standard InChI is InChI=1S/C12H23N5/c1-9(2)10(3)16-12(13-4)14-8-11-6-7-15-17(11)5/h6-7,9-10H,8H2,1-5H3,(H2,13,14,16). The van der Waals surface area contributed by atoms with Crippen LogP contribution in [0.5, 0.6) is 0 Å². The molecule has 2 N–H and O–H groups in total. The summed E-state index contributed by atoms with van der Waals surface area (Å²) in [6.45, 7) is 7.25. The first-order valence-corrected chi connectivity index (χ1v) is 5.98. The zero-order valence-electron chi connectivity index (χ0n) is 11.4. The Morgan fingerprint density at radius 2 is 2.18 bits per heavy atom. The van der Waals surface area contributed by atoms with Gasteiger partial charge < -0.3 is 10.6 Å². The minimum absolute atomic E-state index is 0.396. The molecule has 1 aromatic rings. The minimum atomic E-state index is 0.396. The maximum atomic E-state index is 4.20. The molecule has 0 aliphatic heterocycles. The summed E-state index contributed by atoms with van der Waals surface area (Å²) in [4.78, 5) is 4.20. The Morgan fingerprint density at radius 3 is 2.65 bits per heavy atom. The number of rotatable bonds is 4. The zero-order chi connectivity index (χ0) is 12.8. The van der Waals surface area contributed by atoms with Crippen LogP contribution in [0.25, 0.3) is 0 Å². The van der Waals surface area contributed by atoms with E-state index in [1.807, 2.05) is 17.8 Å². The van der Waals surface area contributed by atoms with Gasteiger partial charge in [-0.25, -0.2) is 0 Å². The molecule has 0 amide bonds. The Bertz CT molecular complexity index is 367. The highest BCUT2D eigenvalue weighted by Crippen LogP contribution is 1.99. The summed E-state index contributed by atoms with van der Waals surface area (Å²) in [5, 5.41) is 10.8. The van der Waals surface area contributed by atoms with Crippen molar-refractivity contribution in [3.63, 3.8) is 0 Å². The summed E-state index contributed by atoms with van der Waals surface area (Å²) in [6.07, 6.45) is 1.80. The molecular formula is C12H23N5. The first kappa shape index (κ1) is 13.5. The van der Waals surface area contributed by atoms with Gasteiger partial charge in [-0.15, -0.1) is 0 Å². The maximum absolute atomic E-state index is 4.20. The smallest absolute Gasteiger partial charge is 0.191 e. The van der Waals surface area contributed by atoms with Crippen LogP contribution in [-0.2, 0) is 13.6 Å². The average Bonchev–Trinajstić information content (AvgIpc) is 2.69. The van der Waals surface area contributed by atoms with Crippen molar-refractivity contribution >= 4 is 5.96 Å². The second-order valence-corrected chi connectivity index (χ2v) is 4.55. The highest BCUT2D eigenvalue weighted by Gasteiger charge is 2.09. The van der Waals surface area contributed by atoms with E-state index < -0.39 is 0 Å². The normalized spacial score (nSPS) is 13.9. The van der Waals surface area contributed by atoms with Crippen molar-refractivity contribution < 1.29 is 0 Å². The molecular weight excluding hydrogens is 214 g/mol. The number of hydrogen-bond acceptors (Lipinski definition) is 2. The Labute approximate surface area is 103 Å². The summed E-state index contributed by atoms with van der Waals surface area (Å²) < 4.78 is 1.85. The first-order chi connectivity index (χ1) is 8.04. The molecule has 0 aliphatic carbocycles. The summed E-state index contributed by atoms with van der Waals surface area (Å²) in [5.41, 5.74) is 1.13. The van der Waals surface area contributed by atoms with Gasteiger partial charge in [0.1, 0.15) is 0 Å². The van der Waals surface area contributed by atoms with Gasteiger partial charge in [0, 0.05) is 26.3 Å². The highest BCUT2D eigenvalue weighted by molar-refractivity contribution is 5.79. The number of nitrogens with one attached hydrogen (secondary N) is 2. The molecule has 0 saturated carbocycles. The van der Waals surface area contributed by atoms with Crippen molar-refractivity contribution in [1.29, 1.82) is 0 Å². The molecule has 0 radical (unpaired) electrons. The number of aromatic nitrogens is 2. The predicted octanol–water partition coefficient (Wildman–Crippen LogP) is 1.13. The van der Waals surface area contributed by atoms with Gasteiger partial charge in [-0.2, -0.15) is 5.10 Å². The Balaban J connectivity index is 2.46. The number of hydrogen-bond donors (Lipinski definition) is 2. The van der Waals surface area contributed by atoms with E-state index in [9.17, 15) is 0 Å². The molecule has 5 heteroatoms. The van der Waals surface area contributed by atoms with E-state index in [0.717, 1.165) is 18.2 Å². The molecule has 5 nitrogen and oxygen atoms in total. The third-order valence-electron chi connectivity index (χ3n) is 2.95. The molecule has 1 unspecified atom stereocenters. The largest absolute Gasteiger partial charge is 0.354 e. The van der Waals surface area contributed by atoms with Crippen molar-refractivity contribution in [1.82, 2.24) is 20.4 Å². The lowest BCUT2D eigenvalue weighted by Gasteiger charge is -2.20. The molecule has 0 fully saturated rings. The van der Waals surface area contributed by atoms with Crippen LogP contribution in [0.15, 0.2) is 17.3 Å². The fourth-order valence-electron chi connectivity index (χ4n) is 1.33. The second-order valence-electron chi connectivity index (χ2n) is 4.55. The molecule has 0 saturated heterocycles. The molecule has 17 heavy (non-hydrogen) atoms. The lowest BCUT2D eigenvalue weighted by atomic mass is 10.1. The summed E-state index contributed by atoms with van der Waals surface area (Å²) >= 11 is 0. The van der Waals surface area contributed by atoms with Crippen molar-refractivity contribution in [2.45, 2.75) is 33.4 Å². The molecule has 1 aromatic heterocycles. The fraction of sp³-hybridized carbons (Fsp3) is 0.667. The summed E-state index contributed by atoms with van der Waals surface area (Å²) in [7, 11) is 3.72. The highest BCUT2D eigenvalue weighted by atomic mass is 15.3. The average molecular weight is 237 g/mol. The monoisotopic (exact) mass is 237 g/mol. The molecule has 1 atom stereocenters. The Kier molecular flexibility index (Phi) is 5.00. The molecule has 1 heterocycles. The summed E-state index contributed by atoms with van der Waals surface area (Å²) in [5.74, 6) is 1.40. The van der Waals surface area contributed by atoms with E-state index in [-0.39, 0.29) is 0 Å². The minimum Gasteiger partial charge on any atom is -0.354 e. The second kappa shape index (κ2) is 6.27. The van der Waals surface area contributed by atoms with E-state index in [1.165, 1.54) is 0 Å². The van der Waals surface area contributed by atoms with Crippen LogP contribution in [-0.4, -0.2) is 28.8 Å². The van der Waals surface area contributed by atoms with E-state index in [2.05, 4.69) is 41.5 Å². The van der Waals surface area contributed by atoms with Gasteiger partial charge in [-0.05, 0) is 18.9 Å². The first-order valence-electron chi connectivity index (χ1n) is 5.98. The van der Waals surface area contributed by atoms with E-state index in [1.54, 1.807) is 13.2 Å². The zero-order valence-corrected chi connectivity index (χ0v) is 11.4.